The molecular formula is C9H18Cl2N2O. The molecule has 1 heterocycles. The number of carbonyl (C=O) groups is 1. The second kappa shape index (κ2) is 7.32. The largest absolute Gasteiger partial charge is 0.340 e. The van der Waals surface area contributed by atoms with Gasteiger partial charge in [0.15, 0.2) is 0 Å². The van der Waals surface area contributed by atoms with E-state index in [2.05, 4.69) is 4.90 Å². The molecule has 3 nitrogen and oxygen atoms in total. The first-order valence-electron chi connectivity index (χ1n) is 4.84. The van der Waals surface area contributed by atoms with Crippen molar-refractivity contribution in [1.29, 1.82) is 0 Å². The molecule has 0 N–H and O–H groups in total. The van der Waals surface area contributed by atoms with Gasteiger partial charge in [0.1, 0.15) is 0 Å². The summed E-state index contributed by atoms with van der Waals surface area (Å²) in [7, 11) is 0. The second-order valence-corrected chi connectivity index (χ2v) is 3.64. The predicted octanol–water partition coefficient (Wildman–Crippen LogP) is 1.20. The summed E-state index contributed by atoms with van der Waals surface area (Å²) < 4.78 is 0. The molecule has 0 radical (unpaired) electrons. The van der Waals surface area contributed by atoms with Crippen molar-refractivity contribution in [1.82, 2.24) is 9.80 Å². The van der Waals surface area contributed by atoms with Crippen LogP contribution >= 0.6 is 24.0 Å². The lowest BCUT2D eigenvalue weighted by Gasteiger charge is -2.34. The Kier molecular flexibility index (Phi) is 7.33. The van der Waals surface area contributed by atoms with Gasteiger partial charge in [-0.25, -0.2) is 0 Å². The van der Waals surface area contributed by atoms with Crippen molar-refractivity contribution in [2.45, 2.75) is 13.3 Å². The summed E-state index contributed by atoms with van der Waals surface area (Å²) in [6.45, 7) is 6.52. The third kappa shape index (κ3) is 4.03. The SMILES string of the molecule is CCC(=O)N1CCN(CCCl)CC1.Cl. The van der Waals surface area contributed by atoms with Crippen LogP contribution in [0.15, 0.2) is 0 Å². The van der Waals surface area contributed by atoms with Crippen molar-refractivity contribution in [2.75, 3.05) is 38.6 Å². The quantitative estimate of drug-likeness (QED) is 0.693. The molecule has 1 aliphatic heterocycles. The van der Waals surface area contributed by atoms with Crippen molar-refractivity contribution in [2.24, 2.45) is 0 Å². The lowest BCUT2D eigenvalue weighted by Crippen LogP contribution is -2.48. The van der Waals surface area contributed by atoms with E-state index in [1.807, 2.05) is 11.8 Å². The van der Waals surface area contributed by atoms with Gasteiger partial charge in [-0.15, -0.1) is 24.0 Å². The summed E-state index contributed by atoms with van der Waals surface area (Å²) >= 11 is 5.64. The molecule has 0 spiro atoms. The Labute approximate surface area is 96.8 Å². The minimum Gasteiger partial charge on any atom is -0.340 e. The fourth-order valence-corrected chi connectivity index (χ4v) is 1.80. The molecule has 1 fully saturated rings. The van der Waals surface area contributed by atoms with Gasteiger partial charge in [0.25, 0.3) is 0 Å². The van der Waals surface area contributed by atoms with Crippen LogP contribution in [0.3, 0.4) is 0 Å². The van der Waals surface area contributed by atoms with Crippen LogP contribution in [0, 0.1) is 0 Å². The maximum atomic E-state index is 11.3. The molecule has 0 aromatic rings. The highest BCUT2D eigenvalue weighted by molar-refractivity contribution is 6.18. The van der Waals surface area contributed by atoms with Gasteiger partial charge in [0.2, 0.25) is 5.91 Å². The zero-order chi connectivity index (χ0) is 9.68. The Morgan fingerprint density at radius 3 is 2.29 bits per heavy atom. The number of alkyl halides is 1. The number of amides is 1. The first-order chi connectivity index (χ1) is 6.27. The molecule has 0 aliphatic carbocycles. The van der Waals surface area contributed by atoms with E-state index < -0.39 is 0 Å². The van der Waals surface area contributed by atoms with Gasteiger partial charge < -0.3 is 4.90 Å². The fourth-order valence-electron chi connectivity index (χ4n) is 1.56. The first-order valence-corrected chi connectivity index (χ1v) is 5.37. The van der Waals surface area contributed by atoms with Gasteiger partial charge in [-0.05, 0) is 0 Å². The summed E-state index contributed by atoms with van der Waals surface area (Å²) in [5.74, 6) is 0.951. The number of hydrogen-bond donors (Lipinski definition) is 0. The van der Waals surface area contributed by atoms with Crippen molar-refractivity contribution in [3.63, 3.8) is 0 Å². The van der Waals surface area contributed by atoms with Crippen molar-refractivity contribution >= 4 is 29.9 Å². The van der Waals surface area contributed by atoms with E-state index in [9.17, 15) is 4.79 Å². The van der Waals surface area contributed by atoms with Crippen LogP contribution in [-0.2, 0) is 4.79 Å². The first kappa shape index (κ1) is 14.0. The normalized spacial score (nSPS) is 17.7. The van der Waals surface area contributed by atoms with Gasteiger partial charge in [-0.1, -0.05) is 6.92 Å². The van der Waals surface area contributed by atoms with E-state index in [1.165, 1.54) is 0 Å². The molecular weight excluding hydrogens is 223 g/mol. The molecule has 0 atom stereocenters. The Balaban J connectivity index is 0.00000169. The van der Waals surface area contributed by atoms with Crippen LogP contribution in [0.25, 0.3) is 0 Å². The van der Waals surface area contributed by atoms with Crippen LogP contribution in [0.4, 0.5) is 0 Å². The highest BCUT2D eigenvalue weighted by atomic mass is 35.5. The maximum Gasteiger partial charge on any atom is 0.222 e. The molecule has 14 heavy (non-hydrogen) atoms. The molecule has 84 valence electrons. The molecule has 0 unspecified atom stereocenters. The van der Waals surface area contributed by atoms with Gasteiger partial charge in [-0.2, -0.15) is 0 Å². The number of halogens is 2. The fraction of sp³-hybridized carbons (Fsp3) is 0.889. The molecule has 0 saturated carbocycles. The van der Waals surface area contributed by atoms with Crippen LogP contribution in [0.2, 0.25) is 0 Å². The number of rotatable bonds is 3. The lowest BCUT2D eigenvalue weighted by atomic mass is 10.3. The smallest absolute Gasteiger partial charge is 0.222 e. The average Bonchev–Trinajstić information content (AvgIpc) is 2.18. The number of hydrogen-bond acceptors (Lipinski definition) is 2. The van der Waals surface area contributed by atoms with Crippen LogP contribution in [-0.4, -0.2) is 54.3 Å². The van der Waals surface area contributed by atoms with E-state index in [-0.39, 0.29) is 18.3 Å². The molecule has 1 saturated heterocycles. The molecule has 1 aliphatic rings. The van der Waals surface area contributed by atoms with E-state index in [0.717, 1.165) is 32.7 Å². The van der Waals surface area contributed by atoms with Crippen LogP contribution < -0.4 is 0 Å². The van der Waals surface area contributed by atoms with E-state index in [4.69, 9.17) is 11.6 Å². The third-order valence-corrected chi connectivity index (χ3v) is 2.60. The average molecular weight is 241 g/mol. The number of piperazine rings is 1. The standard InChI is InChI=1S/C9H17ClN2O.ClH/c1-2-9(13)12-7-5-11(4-3-10)6-8-12;/h2-8H2,1H3;1H. The summed E-state index contributed by atoms with van der Waals surface area (Å²) in [5.41, 5.74) is 0. The summed E-state index contributed by atoms with van der Waals surface area (Å²) in [5, 5.41) is 0. The van der Waals surface area contributed by atoms with Gasteiger partial charge in [0.05, 0.1) is 0 Å². The summed E-state index contributed by atoms with van der Waals surface area (Å²) in [4.78, 5) is 15.5. The summed E-state index contributed by atoms with van der Waals surface area (Å²) in [6, 6.07) is 0. The molecule has 0 aromatic carbocycles. The molecule has 0 bridgehead atoms. The zero-order valence-corrected chi connectivity index (χ0v) is 10.1. The van der Waals surface area contributed by atoms with Gasteiger partial charge >= 0.3 is 0 Å². The molecule has 1 rings (SSSR count). The maximum absolute atomic E-state index is 11.3. The van der Waals surface area contributed by atoms with Gasteiger partial charge in [0, 0.05) is 45.0 Å². The Morgan fingerprint density at radius 2 is 1.86 bits per heavy atom. The topological polar surface area (TPSA) is 23.6 Å². The number of carbonyl (C=O) groups excluding carboxylic acids is 1. The minimum atomic E-state index is 0. The van der Waals surface area contributed by atoms with Crippen molar-refractivity contribution in [3.05, 3.63) is 0 Å². The third-order valence-electron chi connectivity index (χ3n) is 2.43. The monoisotopic (exact) mass is 240 g/mol. The van der Waals surface area contributed by atoms with E-state index >= 15 is 0 Å². The van der Waals surface area contributed by atoms with E-state index in [1.54, 1.807) is 0 Å². The van der Waals surface area contributed by atoms with Crippen LogP contribution in [0.5, 0.6) is 0 Å². The zero-order valence-electron chi connectivity index (χ0n) is 8.54. The molecule has 5 heteroatoms. The Bertz CT molecular complexity index is 170. The van der Waals surface area contributed by atoms with Crippen molar-refractivity contribution in [3.8, 4) is 0 Å². The highest BCUT2D eigenvalue weighted by Crippen LogP contribution is 2.03. The summed E-state index contributed by atoms with van der Waals surface area (Å²) in [6.07, 6.45) is 0.621. The second-order valence-electron chi connectivity index (χ2n) is 3.26. The number of nitrogens with zero attached hydrogens (tertiary/aromatic N) is 2. The Morgan fingerprint density at radius 1 is 1.29 bits per heavy atom. The molecule has 1 amide bonds. The minimum absolute atomic E-state index is 0. The Hall–Kier alpha value is 0.01000. The predicted molar refractivity (Wildman–Crippen MR) is 61.3 cm³/mol. The van der Waals surface area contributed by atoms with E-state index in [0.29, 0.717) is 12.3 Å². The molecule has 0 aromatic heterocycles. The lowest BCUT2D eigenvalue weighted by molar-refractivity contribution is -0.132. The highest BCUT2D eigenvalue weighted by Gasteiger charge is 2.18. The van der Waals surface area contributed by atoms with Gasteiger partial charge in [-0.3, -0.25) is 9.69 Å². The van der Waals surface area contributed by atoms with Crippen molar-refractivity contribution < 1.29 is 4.79 Å². The van der Waals surface area contributed by atoms with Crippen LogP contribution in [0.1, 0.15) is 13.3 Å².